The number of carbonyl (C=O) groups excluding carboxylic acids is 1. The summed E-state index contributed by atoms with van der Waals surface area (Å²) in [6.07, 6.45) is 0. The molecule has 0 atom stereocenters. The molecule has 4 nitrogen and oxygen atoms in total. The van der Waals surface area contributed by atoms with E-state index in [0.717, 1.165) is 18.7 Å². The Labute approximate surface area is 88.3 Å². The Bertz CT molecular complexity index is 361. The standard InChI is InChI=1S/C11H14N2O2/c14-10-4-2-1-3-8(10)7-13-11(15)9-5-12-6-9/h1-4,9,12,14H,5-7H2,(H,13,15). The van der Waals surface area contributed by atoms with Crippen molar-refractivity contribution in [3.05, 3.63) is 29.8 Å². The van der Waals surface area contributed by atoms with Crippen molar-refractivity contribution in [1.29, 1.82) is 0 Å². The molecule has 80 valence electrons. The number of para-hydroxylation sites is 1. The summed E-state index contributed by atoms with van der Waals surface area (Å²) >= 11 is 0. The molecule has 1 aromatic rings. The van der Waals surface area contributed by atoms with Crippen molar-refractivity contribution in [2.24, 2.45) is 5.92 Å². The van der Waals surface area contributed by atoms with Crippen LogP contribution in [0.25, 0.3) is 0 Å². The normalized spacial score (nSPS) is 15.7. The number of hydrogen-bond donors (Lipinski definition) is 3. The molecule has 0 radical (unpaired) electrons. The Morgan fingerprint density at radius 1 is 1.47 bits per heavy atom. The van der Waals surface area contributed by atoms with Crippen LogP contribution >= 0.6 is 0 Å². The summed E-state index contributed by atoms with van der Waals surface area (Å²) in [5, 5.41) is 15.3. The second kappa shape index (κ2) is 4.31. The highest BCUT2D eigenvalue weighted by Gasteiger charge is 2.24. The summed E-state index contributed by atoms with van der Waals surface area (Å²) in [5.41, 5.74) is 0.748. The summed E-state index contributed by atoms with van der Waals surface area (Å²) in [6.45, 7) is 1.90. The predicted octanol–water partition coefficient (Wildman–Crippen LogP) is 0.228. The van der Waals surface area contributed by atoms with Crippen LogP contribution in [0.4, 0.5) is 0 Å². The molecular formula is C11H14N2O2. The van der Waals surface area contributed by atoms with Crippen LogP contribution in [0, 0.1) is 5.92 Å². The lowest BCUT2D eigenvalue weighted by Crippen LogP contribution is -2.50. The molecule has 15 heavy (non-hydrogen) atoms. The van der Waals surface area contributed by atoms with E-state index in [-0.39, 0.29) is 17.6 Å². The summed E-state index contributed by atoms with van der Waals surface area (Å²) in [6, 6.07) is 7.02. The van der Waals surface area contributed by atoms with Crippen molar-refractivity contribution in [2.75, 3.05) is 13.1 Å². The second-order valence-electron chi connectivity index (χ2n) is 3.70. The Morgan fingerprint density at radius 2 is 2.20 bits per heavy atom. The van der Waals surface area contributed by atoms with Crippen molar-refractivity contribution in [1.82, 2.24) is 10.6 Å². The van der Waals surface area contributed by atoms with Crippen LogP contribution in [0.2, 0.25) is 0 Å². The molecule has 0 bridgehead atoms. The van der Waals surface area contributed by atoms with Crippen LogP contribution in [-0.4, -0.2) is 24.1 Å². The van der Waals surface area contributed by atoms with E-state index < -0.39 is 0 Å². The maximum absolute atomic E-state index is 11.5. The second-order valence-corrected chi connectivity index (χ2v) is 3.70. The van der Waals surface area contributed by atoms with Crippen molar-refractivity contribution in [3.63, 3.8) is 0 Å². The molecule has 2 rings (SSSR count). The van der Waals surface area contributed by atoms with Crippen molar-refractivity contribution in [3.8, 4) is 5.75 Å². The Hall–Kier alpha value is -1.55. The molecule has 0 aliphatic carbocycles. The number of carbonyl (C=O) groups is 1. The zero-order valence-corrected chi connectivity index (χ0v) is 8.36. The van der Waals surface area contributed by atoms with Crippen LogP contribution in [0.1, 0.15) is 5.56 Å². The number of hydrogen-bond acceptors (Lipinski definition) is 3. The van der Waals surface area contributed by atoms with Crippen LogP contribution in [0.15, 0.2) is 24.3 Å². The molecule has 0 aromatic heterocycles. The third kappa shape index (κ3) is 2.27. The molecule has 1 saturated heterocycles. The van der Waals surface area contributed by atoms with Crippen LogP contribution < -0.4 is 10.6 Å². The monoisotopic (exact) mass is 206 g/mol. The van der Waals surface area contributed by atoms with Gasteiger partial charge in [0.1, 0.15) is 5.75 Å². The van der Waals surface area contributed by atoms with Gasteiger partial charge in [0, 0.05) is 25.2 Å². The molecule has 1 fully saturated rings. The van der Waals surface area contributed by atoms with Gasteiger partial charge in [-0.25, -0.2) is 0 Å². The molecule has 1 aliphatic rings. The van der Waals surface area contributed by atoms with Gasteiger partial charge < -0.3 is 15.7 Å². The van der Waals surface area contributed by atoms with E-state index in [9.17, 15) is 9.90 Å². The summed E-state index contributed by atoms with van der Waals surface area (Å²) < 4.78 is 0. The topological polar surface area (TPSA) is 61.4 Å². The third-order valence-electron chi connectivity index (χ3n) is 2.60. The Balaban J connectivity index is 1.87. The third-order valence-corrected chi connectivity index (χ3v) is 2.60. The van der Waals surface area contributed by atoms with Gasteiger partial charge >= 0.3 is 0 Å². The number of phenols is 1. The van der Waals surface area contributed by atoms with Crippen molar-refractivity contribution in [2.45, 2.75) is 6.54 Å². The molecule has 1 amide bonds. The first-order valence-electron chi connectivity index (χ1n) is 5.02. The first-order chi connectivity index (χ1) is 7.27. The maximum atomic E-state index is 11.5. The minimum absolute atomic E-state index is 0.0528. The van der Waals surface area contributed by atoms with Gasteiger partial charge in [0.15, 0.2) is 0 Å². The molecule has 1 aromatic carbocycles. The van der Waals surface area contributed by atoms with Gasteiger partial charge in [0.2, 0.25) is 5.91 Å². The largest absolute Gasteiger partial charge is 0.508 e. The van der Waals surface area contributed by atoms with Gasteiger partial charge in [-0.05, 0) is 6.07 Å². The van der Waals surface area contributed by atoms with E-state index in [2.05, 4.69) is 10.6 Å². The maximum Gasteiger partial charge on any atom is 0.225 e. The molecule has 4 heteroatoms. The van der Waals surface area contributed by atoms with E-state index in [1.807, 2.05) is 6.07 Å². The van der Waals surface area contributed by atoms with E-state index in [1.165, 1.54) is 0 Å². The molecule has 1 heterocycles. The predicted molar refractivity (Wildman–Crippen MR) is 56.3 cm³/mol. The SMILES string of the molecule is O=C(NCc1ccccc1O)C1CNC1. The van der Waals surface area contributed by atoms with Crippen molar-refractivity contribution >= 4 is 5.91 Å². The molecule has 0 spiro atoms. The lowest BCUT2D eigenvalue weighted by Gasteiger charge is -2.25. The van der Waals surface area contributed by atoms with Gasteiger partial charge in [-0.1, -0.05) is 18.2 Å². The zero-order valence-electron chi connectivity index (χ0n) is 8.36. The van der Waals surface area contributed by atoms with Gasteiger partial charge in [0.25, 0.3) is 0 Å². The average molecular weight is 206 g/mol. The summed E-state index contributed by atoms with van der Waals surface area (Å²) in [4.78, 5) is 11.5. The quantitative estimate of drug-likeness (QED) is 0.663. The first kappa shape index (κ1) is 9.98. The number of amides is 1. The smallest absolute Gasteiger partial charge is 0.225 e. The lowest BCUT2D eigenvalue weighted by atomic mass is 10.0. The number of phenolic OH excluding ortho intramolecular Hbond substituents is 1. The highest BCUT2D eigenvalue weighted by molar-refractivity contribution is 5.80. The van der Waals surface area contributed by atoms with Gasteiger partial charge in [0.05, 0.1) is 5.92 Å². The highest BCUT2D eigenvalue weighted by atomic mass is 16.3. The van der Waals surface area contributed by atoms with Crippen LogP contribution in [0.3, 0.4) is 0 Å². The van der Waals surface area contributed by atoms with Crippen LogP contribution in [-0.2, 0) is 11.3 Å². The number of nitrogens with one attached hydrogen (secondary N) is 2. The number of aromatic hydroxyl groups is 1. The fourth-order valence-electron chi connectivity index (χ4n) is 1.46. The summed E-state index contributed by atoms with van der Waals surface area (Å²) in [7, 11) is 0. The van der Waals surface area contributed by atoms with Gasteiger partial charge in [-0.3, -0.25) is 4.79 Å². The van der Waals surface area contributed by atoms with Gasteiger partial charge in [-0.15, -0.1) is 0 Å². The average Bonchev–Trinajstić information content (AvgIpc) is 2.14. The molecular weight excluding hydrogens is 192 g/mol. The van der Waals surface area contributed by atoms with E-state index in [0.29, 0.717) is 6.54 Å². The highest BCUT2D eigenvalue weighted by Crippen LogP contribution is 2.15. The summed E-state index contributed by atoms with van der Waals surface area (Å²) in [5.74, 6) is 0.373. The zero-order chi connectivity index (χ0) is 10.7. The van der Waals surface area contributed by atoms with Gasteiger partial charge in [-0.2, -0.15) is 0 Å². The molecule has 1 aliphatic heterocycles. The lowest BCUT2D eigenvalue weighted by molar-refractivity contribution is -0.126. The fraction of sp³-hybridized carbons (Fsp3) is 0.364. The minimum Gasteiger partial charge on any atom is -0.508 e. The number of rotatable bonds is 3. The fourth-order valence-corrected chi connectivity index (χ4v) is 1.46. The Kier molecular flexibility index (Phi) is 2.87. The van der Waals surface area contributed by atoms with E-state index in [4.69, 9.17) is 0 Å². The van der Waals surface area contributed by atoms with E-state index >= 15 is 0 Å². The minimum atomic E-state index is 0.0528. The van der Waals surface area contributed by atoms with Crippen molar-refractivity contribution < 1.29 is 9.90 Å². The first-order valence-corrected chi connectivity index (χ1v) is 5.02. The Morgan fingerprint density at radius 3 is 2.80 bits per heavy atom. The molecule has 0 saturated carbocycles. The molecule has 0 unspecified atom stereocenters. The molecule has 3 N–H and O–H groups in total. The van der Waals surface area contributed by atoms with Crippen LogP contribution in [0.5, 0.6) is 5.75 Å². The number of benzene rings is 1. The van der Waals surface area contributed by atoms with E-state index in [1.54, 1.807) is 18.2 Å².